The molecule has 0 aromatic heterocycles. The molecule has 1 aliphatic carbocycles. The van der Waals surface area contributed by atoms with Crippen LogP contribution in [0.25, 0.3) is 0 Å². The Kier molecular flexibility index (Phi) is 6.62. The van der Waals surface area contributed by atoms with Crippen molar-refractivity contribution in [3.05, 3.63) is 107 Å². The Hall–Kier alpha value is -3.17. The number of fused-ring (bicyclic) bond motifs is 2. The van der Waals surface area contributed by atoms with Crippen molar-refractivity contribution in [3.8, 4) is 0 Å². The maximum absolute atomic E-state index is 6.83. The summed E-state index contributed by atoms with van der Waals surface area (Å²) in [5.74, 6) is 0. The first kappa shape index (κ1) is 25.5. The number of para-hydroxylation sites is 2. The number of hydrogen-bond acceptors (Lipinski definition) is 1. The average Bonchev–Trinajstić information content (AvgIpc) is 3.25. The Labute approximate surface area is 223 Å². The Morgan fingerprint density at radius 3 is 2.30 bits per heavy atom. The summed E-state index contributed by atoms with van der Waals surface area (Å²) in [5, 5.41) is 0. The molecule has 192 valence electrons. The van der Waals surface area contributed by atoms with Gasteiger partial charge in [-0.3, -0.25) is 4.90 Å². The van der Waals surface area contributed by atoms with Gasteiger partial charge in [-0.1, -0.05) is 48.6 Å². The smallest absolute Gasteiger partial charge is 0.209 e. The highest BCUT2D eigenvalue weighted by Gasteiger charge is 2.45. The molecule has 5 rings (SSSR count). The van der Waals surface area contributed by atoms with Crippen molar-refractivity contribution in [1.82, 2.24) is 0 Å². The molecule has 1 atom stereocenters. The van der Waals surface area contributed by atoms with Gasteiger partial charge in [0.05, 0.1) is 17.4 Å². The first-order chi connectivity index (χ1) is 17.7. The molecule has 37 heavy (non-hydrogen) atoms. The lowest BCUT2D eigenvalue weighted by Crippen LogP contribution is -3.04. The molecule has 0 radical (unpaired) electrons. The Morgan fingerprint density at radius 2 is 1.57 bits per heavy atom. The first-order valence-corrected chi connectivity index (χ1v) is 14.0. The minimum absolute atomic E-state index is 0.0121. The van der Waals surface area contributed by atoms with Crippen LogP contribution in [0.2, 0.25) is 0 Å². The molecule has 0 amide bonds. The van der Waals surface area contributed by atoms with Crippen molar-refractivity contribution in [3.63, 3.8) is 0 Å². The zero-order valence-corrected chi connectivity index (χ0v) is 23.5. The van der Waals surface area contributed by atoms with E-state index in [9.17, 15) is 0 Å². The van der Waals surface area contributed by atoms with Crippen LogP contribution in [0.1, 0.15) is 71.9 Å². The molecule has 1 unspecified atom stereocenters. The largest absolute Gasteiger partial charge is 0.398 e. The normalized spacial score (nSPS) is 24.4. The van der Waals surface area contributed by atoms with Gasteiger partial charge in [0.2, 0.25) is 5.69 Å². The van der Waals surface area contributed by atoms with E-state index in [1.807, 2.05) is 0 Å². The lowest BCUT2D eigenvalue weighted by atomic mass is 9.81. The van der Waals surface area contributed by atoms with Crippen molar-refractivity contribution in [2.75, 3.05) is 13.1 Å². The molecule has 0 saturated heterocycles. The molecule has 2 aromatic carbocycles. The van der Waals surface area contributed by atoms with Crippen LogP contribution in [0, 0.1) is 0 Å². The van der Waals surface area contributed by atoms with Gasteiger partial charge < -0.3 is 5.73 Å². The highest BCUT2D eigenvalue weighted by atomic mass is 15.2. The second-order valence-corrected chi connectivity index (χ2v) is 11.7. The van der Waals surface area contributed by atoms with E-state index in [2.05, 4.69) is 119 Å². The zero-order chi connectivity index (χ0) is 26.4. The predicted molar refractivity (Wildman–Crippen MR) is 156 cm³/mol. The Morgan fingerprint density at radius 1 is 0.865 bits per heavy atom. The quantitative estimate of drug-likeness (QED) is 0.466. The Bertz CT molecular complexity index is 1380. The van der Waals surface area contributed by atoms with E-state index in [4.69, 9.17) is 5.73 Å². The second-order valence-electron chi connectivity index (χ2n) is 11.7. The molecule has 3 nitrogen and oxygen atoms in total. The van der Waals surface area contributed by atoms with Gasteiger partial charge in [0.1, 0.15) is 17.9 Å². The molecule has 2 aliphatic heterocycles. The van der Waals surface area contributed by atoms with Gasteiger partial charge in [0, 0.05) is 29.0 Å². The summed E-state index contributed by atoms with van der Waals surface area (Å²) in [5.41, 5.74) is 18.7. The van der Waals surface area contributed by atoms with Crippen molar-refractivity contribution in [2.24, 2.45) is 5.73 Å². The summed E-state index contributed by atoms with van der Waals surface area (Å²) < 4.78 is 2.45. The SMILES string of the molecule is CC[N+]1=C(C=CC2=C(N)/C(=C/C=C3\[NH+](CC)c4ccccc4C3(C)C)CCC2)C(C)(C)c2ccccc21. The minimum atomic E-state index is -0.0222. The average molecular weight is 494 g/mol. The molecule has 0 bridgehead atoms. The fraction of sp³-hybridized carbons (Fsp3) is 0.382. The lowest BCUT2D eigenvalue weighted by molar-refractivity contribution is -0.786. The molecule has 3 aliphatic rings. The van der Waals surface area contributed by atoms with E-state index in [-0.39, 0.29) is 10.8 Å². The summed E-state index contributed by atoms with van der Waals surface area (Å²) in [7, 11) is 0. The molecule has 2 heterocycles. The number of quaternary nitrogens is 1. The van der Waals surface area contributed by atoms with Crippen LogP contribution in [0.4, 0.5) is 11.4 Å². The number of nitrogens with one attached hydrogen (secondary N) is 1. The fourth-order valence-electron chi connectivity index (χ4n) is 6.78. The molecular weight excluding hydrogens is 450 g/mol. The molecule has 0 fully saturated rings. The molecule has 3 N–H and O–H groups in total. The van der Waals surface area contributed by atoms with E-state index in [1.54, 1.807) is 0 Å². The van der Waals surface area contributed by atoms with Crippen LogP contribution >= 0.6 is 0 Å². The van der Waals surface area contributed by atoms with E-state index >= 15 is 0 Å². The fourth-order valence-corrected chi connectivity index (χ4v) is 6.78. The van der Waals surface area contributed by atoms with Gasteiger partial charge >= 0.3 is 0 Å². The standard InChI is InChI=1S/C34H41N3/c1-7-36-28-18-11-9-16-26(28)33(3,4)30(36)22-20-24-14-13-15-25(32(24)35)21-23-31-34(5,6)27-17-10-12-19-29(27)37(31)8-2/h9-12,16-23,35H,7-8,13-15H2,1-6H3/p+2/b24-20+,30-22-. The maximum Gasteiger partial charge on any atom is 0.209 e. The number of allylic oxidation sites excluding steroid dienone is 7. The second kappa shape index (κ2) is 9.61. The third-order valence-electron chi connectivity index (χ3n) is 8.87. The third-order valence-corrected chi connectivity index (χ3v) is 8.87. The molecule has 0 spiro atoms. The number of likely N-dealkylation sites (N-methyl/N-ethyl adjacent to an activating group) is 1. The van der Waals surface area contributed by atoms with E-state index in [0.717, 1.165) is 38.0 Å². The topological polar surface area (TPSA) is 33.5 Å². The van der Waals surface area contributed by atoms with Crippen LogP contribution in [0.5, 0.6) is 0 Å². The van der Waals surface area contributed by atoms with Crippen molar-refractivity contribution in [1.29, 1.82) is 0 Å². The minimum Gasteiger partial charge on any atom is -0.398 e. The van der Waals surface area contributed by atoms with Crippen molar-refractivity contribution in [2.45, 2.75) is 71.6 Å². The van der Waals surface area contributed by atoms with Gasteiger partial charge in [-0.2, -0.15) is 4.58 Å². The van der Waals surface area contributed by atoms with Crippen LogP contribution in [0.3, 0.4) is 0 Å². The van der Waals surface area contributed by atoms with Crippen LogP contribution in [-0.4, -0.2) is 23.4 Å². The number of nitrogens with two attached hydrogens (primary N) is 1. The van der Waals surface area contributed by atoms with Gasteiger partial charge in [-0.05, 0) is 84.1 Å². The molecular formula is C34H43N3+2. The molecule has 3 heteroatoms. The number of nitrogens with zero attached hydrogens (tertiary/aromatic N) is 1. The predicted octanol–water partition coefficient (Wildman–Crippen LogP) is 6.37. The summed E-state index contributed by atoms with van der Waals surface area (Å²) in [6.07, 6.45) is 12.5. The molecule has 2 aromatic rings. The third kappa shape index (κ3) is 4.14. The highest BCUT2D eigenvalue weighted by Crippen LogP contribution is 2.41. The van der Waals surface area contributed by atoms with Crippen molar-refractivity contribution >= 4 is 17.1 Å². The van der Waals surface area contributed by atoms with Gasteiger partial charge in [-0.25, -0.2) is 0 Å². The lowest BCUT2D eigenvalue weighted by Gasteiger charge is -2.21. The first-order valence-electron chi connectivity index (χ1n) is 14.0. The molecule has 0 saturated carbocycles. The monoisotopic (exact) mass is 493 g/mol. The summed E-state index contributed by atoms with van der Waals surface area (Å²) in [6, 6.07) is 17.7. The maximum atomic E-state index is 6.83. The van der Waals surface area contributed by atoms with E-state index in [1.165, 1.54) is 50.0 Å². The number of benzene rings is 2. The highest BCUT2D eigenvalue weighted by molar-refractivity contribution is 6.03. The van der Waals surface area contributed by atoms with Crippen LogP contribution < -0.4 is 10.6 Å². The van der Waals surface area contributed by atoms with Crippen LogP contribution in [0.15, 0.2) is 95.4 Å². The van der Waals surface area contributed by atoms with E-state index in [0.29, 0.717) is 0 Å². The summed E-state index contributed by atoms with van der Waals surface area (Å²) >= 11 is 0. The van der Waals surface area contributed by atoms with Crippen molar-refractivity contribution < 1.29 is 9.48 Å². The zero-order valence-electron chi connectivity index (χ0n) is 23.5. The van der Waals surface area contributed by atoms with E-state index < -0.39 is 0 Å². The van der Waals surface area contributed by atoms with Gasteiger partial charge in [-0.15, -0.1) is 0 Å². The Balaban J connectivity index is 1.48. The van der Waals surface area contributed by atoms with Gasteiger partial charge in [0.25, 0.3) is 0 Å². The van der Waals surface area contributed by atoms with Crippen LogP contribution in [-0.2, 0) is 10.8 Å². The number of hydrogen-bond donors (Lipinski definition) is 2. The van der Waals surface area contributed by atoms with Gasteiger partial charge in [0.15, 0.2) is 5.71 Å². The summed E-state index contributed by atoms with van der Waals surface area (Å²) in [4.78, 5) is 1.47. The summed E-state index contributed by atoms with van der Waals surface area (Å²) in [6.45, 7) is 15.9. The number of rotatable bonds is 5.